The van der Waals surface area contributed by atoms with Crippen molar-refractivity contribution in [3.8, 4) is 0 Å². The highest BCUT2D eigenvalue weighted by molar-refractivity contribution is 7.89. The Kier molecular flexibility index (Phi) is 7.30. The van der Waals surface area contributed by atoms with Gasteiger partial charge in [0, 0.05) is 25.6 Å². The number of benzene rings is 1. The smallest absolute Gasteiger partial charge is 0.243 e. The average Bonchev–Trinajstić information content (AvgIpc) is 2.69. The Bertz CT molecular complexity index is 800. The molecule has 3 rings (SSSR count). The molecule has 0 unspecified atom stereocenters. The molecule has 0 bridgehead atoms. The Morgan fingerprint density at radius 2 is 1.93 bits per heavy atom. The fraction of sp³-hybridized carbons (Fsp3) is 0.591. The van der Waals surface area contributed by atoms with E-state index in [-0.39, 0.29) is 18.4 Å². The quantitative estimate of drug-likeness (QED) is 0.700. The summed E-state index contributed by atoms with van der Waals surface area (Å²) in [5.74, 6) is -0.0487. The van der Waals surface area contributed by atoms with Crippen LogP contribution in [0.25, 0.3) is 0 Å². The number of sulfonamides is 1. The first-order valence-electron chi connectivity index (χ1n) is 10.5. The van der Waals surface area contributed by atoms with E-state index in [1.807, 2.05) is 19.1 Å². The minimum absolute atomic E-state index is 0.0487. The normalized spacial score (nSPS) is 21.2. The number of aryl methyl sites for hydroxylation is 1. The van der Waals surface area contributed by atoms with Crippen LogP contribution in [0.15, 0.2) is 40.8 Å². The van der Waals surface area contributed by atoms with Gasteiger partial charge in [-0.1, -0.05) is 35.8 Å². The summed E-state index contributed by atoms with van der Waals surface area (Å²) in [5, 5.41) is 3.00. The predicted molar refractivity (Wildman–Crippen MR) is 112 cm³/mol. The number of rotatable bonds is 7. The van der Waals surface area contributed by atoms with Crippen LogP contribution in [-0.2, 0) is 14.8 Å². The van der Waals surface area contributed by atoms with E-state index in [0.717, 1.165) is 44.1 Å². The highest BCUT2D eigenvalue weighted by Crippen LogP contribution is 2.27. The lowest BCUT2D eigenvalue weighted by atomic mass is 9.97. The average molecular weight is 405 g/mol. The molecule has 1 atom stereocenters. The molecule has 1 aromatic carbocycles. The maximum Gasteiger partial charge on any atom is 0.243 e. The molecule has 1 heterocycles. The Hall–Kier alpha value is -1.66. The molecule has 1 fully saturated rings. The highest BCUT2D eigenvalue weighted by Gasteiger charge is 2.34. The van der Waals surface area contributed by atoms with E-state index < -0.39 is 10.0 Å². The minimum Gasteiger partial charge on any atom is -0.356 e. The second kappa shape index (κ2) is 9.70. The van der Waals surface area contributed by atoms with E-state index in [2.05, 4.69) is 11.4 Å². The number of hydrogen-bond donors (Lipinski definition) is 1. The summed E-state index contributed by atoms with van der Waals surface area (Å²) in [6, 6.07) is 6.70. The Morgan fingerprint density at radius 3 is 2.64 bits per heavy atom. The van der Waals surface area contributed by atoms with Gasteiger partial charge in [-0.15, -0.1) is 0 Å². The van der Waals surface area contributed by atoms with Gasteiger partial charge in [-0.2, -0.15) is 4.31 Å². The highest BCUT2D eigenvalue weighted by atomic mass is 32.2. The third-order valence-electron chi connectivity index (χ3n) is 5.78. The molecule has 1 amide bonds. The summed E-state index contributed by atoms with van der Waals surface area (Å²) in [5.41, 5.74) is 2.47. The van der Waals surface area contributed by atoms with Crippen molar-refractivity contribution in [1.29, 1.82) is 0 Å². The first kappa shape index (κ1) is 21.1. The van der Waals surface area contributed by atoms with Crippen molar-refractivity contribution in [1.82, 2.24) is 9.62 Å². The molecule has 0 aromatic heterocycles. The van der Waals surface area contributed by atoms with Crippen LogP contribution in [0, 0.1) is 6.92 Å². The zero-order chi connectivity index (χ0) is 20.0. The van der Waals surface area contributed by atoms with E-state index in [1.165, 1.54) is 18.4 Å². The molecule has 1 N–H and O–H groups in total. The molecule has 5 nitrogen and oxygen atoms in total. The third-order valence-corrected chi connectivity index (χ3v) is 7.74. The topological polar surface area (TPSA) is 66.5 Å². The molecule has 0 spiro atoms. The van der Waals surface area contributed by atoms with E-state index >= 15 is 0 Å². The van der Waals surface area contributed by atoms with Crippen LogP contribution in [0.3, 0.4) is 0 Å². The molecular formula is C22H32N2O3S. The lowest BCUT2D eigenvalue weighted by Crippen LogP contribution is -2.46. The van der Waals surface area contributed by atoms with Gasteiger partial charge < -0.3 is 5.32 Å². The Morgan fingerprint density at radius 1 is 1.14 bits per heavy atom. The molecule has 6 heteroatoms. The van der Waals surface area contributed by atoms with Gasteiger partial charge >= 0.3 is 0 Å². The summed E-state index contributed by atoms with van der Waals surface area (Å²) in [4.78, 5) is 12.8. The zero-order valence-electron chi connectivity index (χ0n) is 16.8. The molecule has 0 saturated carbocycles. The molecule has 1 saturated heterocycles. The second-order valence-corrected chi connectivity index (χ2v) is 9.88. The van der Waals surface area contributed by atoms with E-state index in [4.69, 9.17) is 0 Å². The van der Waals surface area contributed by atoms with Crippen molar-refractivity contribution in [3.63, 3.8) is 0 Å². The Labute approximate surface area is 169 Å². The van der Waals surface area contributed by atoms with Crippen molar-refractivity contribution in [2.75, 3.05) is 13.1 Å². The number of allylic oxidation sites excluding steroid dienone is 1. The predicted octanol–water partition coefficient (Wildman–Crippen LogP) is 3.94. The van der Waals surface area contributed by atoms with E-state index in [0.29, 0.717) is 18.0 Å². The lowest BCUT2D eigenvalue weighted by Gasteiger charge is -2.34. The van der Waals surface area contributed by atoms with E-state index in [9.17, 15) is 13.2 Å². The molecule has 2 aliphatic rings. The standard InChI is InChI=1S/C22H32N2O3S/c1-18-10-12-21(13-11-18)28(26,27)24-16-6-5-9-20(24)17-22(25)23-15-14-19-7-3-2-4-8-19/h7,10-13,20H,2-6,8-9,14-17H2,1H3,(H,23,25)/t20-/m0/s1. The number of amides is 1. The monoisotopic (exact) mass is 404 g/mol. The van der Waals surface area contributed by atoms with Crippen LogP contribution in [0.2, 0.25) is 0 Å². The SMILES string of the molecule is Cc1ccc(S(=O)(=O)N2CCCC[C@H]2CC(=O)NCCC2=CCCCC2)cc1. The fourth-order valence-corrected chi connectivity index (χ4v) is 5.81. The minimum atomic E-state index is -3.57. The summed E-state index contributed by atoms with van der Waals surface area (Å²) in [7, 11) is -3.57. The zero-order valence-corrected chi connectivity index (χ0v) is 17.6. The maximum atomic E-state index is 13.1. The molecule has 1 aliphatic carbocycles. The third kappa shape index (κ3) is 5.45. The number of piperidine rings is 1. The van der Waals surface area contributed by atoms with Crippen LogP contribution in [-0.4, -0.2) is 37.8 Å². The van der Waals surface area contributed by atoms with Crippen molar-refractivity contribution in [2.45, 2.75) is 75.6 Å². The largest absolute Gasteiger partial charge is 0.356 e. The second-order valence-electron chi connectivity index (χ2n) is 7.99. The van der Waals surface area contributed by atoms with Gasteiger partial charge in [-0.25, -0.2) is 8.42 Å². The molecule has 0 radical (unpaired) electrons. The number of nitrogens with one attached hydrogen (secondary N) is 1. The summed E-state index contributed by atoms with van der Waals surface area (Å²) in [6.07, 6.45) is 10.8. The first-order valence-corrected chi connectivity index (χ1v) is 11.9. The molecular weight excluding hydrogens is 372 g/mol. The maximum absolute atomic E-state index is 13.1. The summed E-state index contributed by atoms with van der Waals surface area (Å²) >= 11 is 0. The van der Waals surface area contributed by atoms with Gasteiger partial charge in [0.1, 0.15) is 0 Å². The number of nitrogens with zero attached hydrogens (tertiary/aromatic N) is 1. The van der Waals surface area contributed by atoms with Crippen molar-refractivity contribution in [3.05, 3.63) is 41.5 Å². The van der Waals surface area contributed by atoms with Gasteiger partial charge in [0.2, 0.25) is 15.9 Å². The molecule has 154 valence electrons. The van der Waals surface area contributed by atoms with Gasteiger partial charge in [0.15, 0.2) is 0 Å². The lowest BCUT2D eigenvalue weighted by molar-refractivity contribution is -0.122. The van der Waals surface area contributed by atoms with Gasteiger partial charge in [0.25, 0.3) is 0 Å². The van der Waals surface area contributed by atoms with Crippen molar-refractivity contribution < 1.29 is 13.2 Å². The van der Waals surface area contributed by atoms with Gasteiger partial charge in [-0.05, 0) is 64.0 Å². The number of carbonyl (C=O) groups is 1. The van der Waals surface area contributed by atoms with E-state index in [1.54, 1.807) is 16.4 Å². The summed E-state index contributed by atoms with van der Waals surface area (Å²) < 4.78 is 27.7. The molecule has 28 heavy (non-hydrogen) atoms. The van der Waals surface area contributed by atoms with Crippen molar-refractivity contribution in [2.24, 2.45) is 0 Å². The summed E-state index contributed by atoms with van der Waals surface area (Å²) in [6.45, 7) is 3.07. The van der Waals surface area contributed by atoms with Gasteiger partial charge in [0.05, 0.1) is 4.90 Å². The van der Waals surface area contributed by atoms with Crippen LogP contribution in [0.1, 0.15) is 63.4 Å². The van der Waals surface area contributed by atoms with Crippen molar-refractivity contribution >= 4 is 15.9 Å². The fourth-order valence-electron chi connectivity index (χ4n) is 4.12. The Balaban J connectivity index is 1.58. The molecule has 1 aromatic rings. The number of hydrogen-bond acceptors (Lipinski definition) is 3. The van der Waals surface area contributed by atoms with Crippen LogP contribution < -0.4 is 5.32 Å². The van der Waals surface area contributed by atoms with Gasteiger partial charge in [-0.3, -0.25) is 4.79 Å². The van der Waals surface area contributed by atoms with Crippen LogP contribution in [0.5, 0.6) is 0 Å². The molecule has 1 aliphatic heterocycles. The van der Waals surface area contributed by atoms with Crippen LogP contribution >= 0.6 is 0 Å². The number of carbonyl (C=O) groups excluding carboxylic acids is 1. The van der Waals surface area contributed by atoms with Crippen LogP contribution in [0.4, 0.5) is 0 Å². The first-order chi connectivity index (χ1) is 13.5.